The van der Waals surface area contributed by atoms with Gasteiger partial charge in [-0.15, -0.1) is 0 Å². The monoisotopic (exact) mass is 332 g/mol. The van der Waals surface area contributed by atoms with Crippen LogP contribution in [0.25, 0.3) is 6.08 Å². The molecule has 2 aromatic carbocycles. The van der Waals surface area contributed by atoms with Crippen LogP contribution in [0.2, 0.25) is 0 Å². The summed E-state index contributed by atoms with van der Waals surface area (Å²) in [5.41, 5.74) is 2.59. The summed E-state index contributed by atoms with van der Waals surface area (Å²) in [4.78, 5) is 23.9. The van der Waals surface area contributed by atoms with Crippen LogP contribution in [0.3, 0.4) is 0 Å². The molecule has 0 aliphatic carbocycles. The Hall–Kier alpha value is -3.40. The van der Waals surface area contributed by atoms with Crippen molar-refractivity contribution in [2.45, 2.75) is 6.92 Å². The van der Waals surface area contributed by atoms with E-state index in [9.17, 15) is 9.59 Å². The molecule has 0 aliphatic heterocycles. The third-order valence-corrected chi connectivity index (χ3v) is 3.58. The zero-order valence-corrected chi connectivity index (χ0v) is 13.6. The fourth-order valence-corrected chi connectivity index (χ4v) is 2.18. The Balaban J connectivity index is 1.63. The van der Waals surface area contributed by atoms with Crippen LogP contribution in [-0.4, -0.2) is 11.8 Å². The van der Waals surface area contributed by atoms with E-state index < -0.39 is 5.97 Å². The highest BCUT2D eigenvalue weighted by Gasteiger charge is 2.10. The number of furan rings is 1. The summed E-state index contributed by atoms with van der Waals surface area (Å²) in [6.07, 6.45) is 4.66. The Morgan fingerprint density at radius 3 is 2.32 bits per heavy atom. The molecule has 3 aromatic rings. The summed E-state index contributed by atoms with van der Waals surface area (Å²) in [6.45, 7) is 1.98. The molecule has 0 unspecified atom stereocenters. The van der Waals surface area contributed by atoms with Gasteiger partial charge in [-0.2, -0.15) is 0 Å². The fraction of sp³-hybridized carbons (Fsp3) is 0.0476. The first-order valence-electron chi connectivity index (χ1n) is 7.77. The van der Waals surface area contributed by atoms with Gasteiger partial charge in [-0.25, -0.2) is 4.79 Å². The van der Waals surface area contributed by atoms with Gasteiger partial charge in [0.1, 0.15) is 5.75 Å². The van der Waals surface area contributed by atoms with Crippen LogP contribution >= 0.6 is 0 Å². The van der Waals surface area contributed by atoms with Crippen molar-refractivity contribution in [1.29, 1.82) is 0 Å². The molecule has 0 spiro atoms. The topological polar surface area (TPSA) is 56.5 Å². The molecule has 3 rings (SSSR count). The minimum Gasteiger partial charge on any atom is -0.457 e. The third-order valence-electron chi connectivity index (χ3n) is 3.58. The van der Waals surface area contributed by atoms with E-state index in [-0.39, 0.29) is 11.5 Å². The lowest BCUT2D eigenvalue weighted by molar-refractivity contribution is 0.0701. The average molecular weight is 332 g/mol. The maximum Gasteiger partial charge on any atom is 0.379 e. The van der Waals surface area contributed by atoms with Crippen molar-refractivity contribution in [2.24, 2.45) is 0 Å². The molecule has 4 heteroatoms. The Labute approximate surface area is 145 Å². The van der Waals surface area contributed by atoms with Gasteiger partial charge in [-0.05, 0) is 42.8 Å². The molecule has 0 amide bonds. The number of benzene rings is 2. The molecule has 0 atom stereocenters. The van der Waals surface area contributed by atoms with E-state index in [1.807, 2.05) is 19.1 Å². The molecular weight excluding hydrogens is 316 g/mol. The molecule has 0 saturated carbocycles. The molecule has 0 N–H and O–H groups in total. The van der Waals surface area contributed by atoms with Crippen molar-refractivity contribution < 1.29 is 18.7 Å². The second-order valence-electron chi connectivity index (χ2n) is 5.50. The standard InChI is InChI=1S/C21H16O4/c1-15-4-9-17(10-5-15)19(22)13-8-16-6-11-18(12-7-16)25-21(23)20-3-2-14-24-20/h2-14H,1H3/b13-8-. The average Bonchev–Trinajstić information content (AvgIpc) is 3.16. The maximum atomic E-state index is 12.1. The number of ether oxygens (including phenoxy) is 1. The summed E-state index contributed by atoms with van der Waals surface area (Å²) in [7, 11) is 0. The number of carbonyl (C=O) groups is 2. The number of ketones is 1. The summed E-state index contributed by atoms with van der Waals surface area (Å²) < 4.78 is 10.2. The van der Waals surface area contributed by atoms with Crippen molar-refractivity contribution in [2.75, 3.05) is 0 Å². The Morgan fingerprint density at radius 2 is 1.68 bits per heavy atom. The molecule has 4 nitrogen and oxygen atoms in total. The molecule has 1 heterocycles. The van der Waals surface area contributed by atoms with Crippen LogP contribution < -0.4 is 4.74 Å². The highest BCUT2D eigenvalue weighted by Crippen LogP contribution is 2.16. The number of aryl methyl sites for hydroxylation is 1. The van der Waals surface area contributed by atoms with E-state index in [0.29, 0.717) is 11.3 Å². The minimum atomic E-state index is -0.553. The van der Waals surface area contributed by atoms with Crippen molar-refractivity contribution in [3.05, 3.63) is 95.5 Å². The normalized spacial score (nSPS) is 10.8. The van der Waals surface area contributed by atoms with Crippen molar-refractivity contribution >= 4 is 17.8 Å². The van der Waals surface area contributed by atoms with Crippen molar-refractivity contribution in [3.8, 4) is 5.75 Å². The number of hydrogen-bond acceptors (Lipinski definition) is 4. The van der Waals surface area contributed by atoms with Crippen molar-refractivity contribution in [3.63, 3.8) is 0 Å². The van der Waals surface area contributed by atoms with Gasteiger partial charge in [0.25, 0.3) is 0 Å². The fourth-order valence-electron chi connectivity index (χ4n) is 2.18. The molecule has 1 aromatic heterocycles. The predicted molar refractivity (Wildman–Crippen MR) is 94.7 cm³/mol. The molecule has 0 radical (unpaired) electrons. The van der Waals surface area contributed by atoms with Crippen LogP contribution in [0.1, 0.15) is 32.0 Å². The molecule has 0 aliphatic rings. The number of esters is 1. The highest BCUT2D eigenvalue weighted by atomic mass is 16.5. The molecule has 124 valence electrons. The van der Waals surface area contributed by atoms with E-state index in [2.05, 4.69) is 0 Å². The number of allylic oxidation sites excluding steroid dienone is 1. The zero-order valence-electron chi connectivity index (χ0n) is 13.6. The van der Waals surface area contributed by atoms with Gasteiger partial charge in [0, 0.05) is 5.56 Å². The summed E-state index contributed by atoms with van der Waals surface area (Å²) in [5, 5.41) is 0. The van der Waals surface area contributed by atoms with Gasteiger partial charge in [0.05, 0.1) is 6.26 Å². The maximum absolute atomic E-state index is 12.1. The third kappa shape index (κ3) is 4.32. The number of carbonyl (C=O) groups excluding carboxylic acids is 2. The lowest BCUT2D eigenvalue weighted by atomic mass is 10.1. The summed E-state index contributed by atoms with van der Waals surface area (Å²) >= 11 is 0. The zero-order chi connectivity index (χ0) is 17.6. The van der Waals surface area contributed by atoms with Crippen LogP contribution in [0.5, 0.6) is 5.75 Å². The predicted octanol–water partition coefficient (Wildman–Crippen LogP) is 4.70. The number of hydrogen-bond donors (Lipinski definition) is 0. The summed E-state index contributed by atoms with van der Waals surface area (Å²) in [6, 6.07) is 17.4. The largest absolute Gasteiger partial charge is 0.457 e. The van der Waals surface area contributed by atoms with Crippen LogP contribution in [0, 0.1) is 6.92 Å². The molecule has 0 saturated heterocycles. The molecule has 0 bridgehead atoms. The van der Waals surface area contributed by atoms with Gasteiger partial charge >= 0.3 is 5.97 Å². The van der Waals surface area contributed by atoms with Gasteiger partial charge in [-0.3, -0.25) is 4.79 Å². The van der Waals surface area contributed by atoms with Gasteiger partial charge < -0.3 is 9.15 Å². The van der Waals surface area contributed by atoms with E-state index in [0.717, 1.165) is 11.1 Å². The van der Waals surface area contributed by atoms with E-state index in [1.165, 1.54) is 18.4 Å². The lowest BCUT2D eigenvalue weighted by Gasteiger charge is -2.02. The quantitative estimate of drug-likeness (QED) is 0.294. The van der Waals surface area contributed by atoms with Crippen LogP contribution in [-0.2, 0) is 0 Å². The Morgan fingerprint density at radius 1 is 0.960 bits per heavy atom. The Kier molecular flexibility index (Phi) is 4.90. The van der Waals surface area contributed by atoms with E-state index in [1.54, 1.807) is 48.5 Å². The first-order chi connectivity index (χ1) is 12.1. The van der Waals surface area contributed by atoms with Gasteiger partial charge in [0.2, 0.25) is 5.76 Å². The first kappa shape index (κ1) is 16.5. The smallest absolute Gasteiger partial charge is 0.379 e. The van der Waals surface area contributed by atoms with E-state index in [4.69, 9.17) is 9.15 Å². The second kappa shape index (κ2) is 7.45. The van der Waals surface area contributed by atoms with Gasteiger partial charge in [-0.1, -0.05) is 48.0 Å². The lowest BCUT2D eigenvalue weighted by Crippen LogP contribution is -2.06. The molecular formula is C21H16O4. The van der Waals surface area contributed by atoms with Crippen LogP contribution in [0.4, 0.5) is 0 Å². The minimum absolute atomic E-state index is 0.0617. The number of rotatable bonds is 5. The second-order valence-corrected chi connectivity index (χ2v) is 5.50. The van der Waals surface area contributed by atoms with Crippen molar-refractivity contribution in [1.82, 2.24) is 0 Å². The summed E-state index contributed by atoms with van der Waals surface area (Å²) in [5.74, 6) is -0.0627. The molecule has 0 fully saturated rings. The highest BCUT2D eigenvalue weighted by molar-refractivity contribution is 6.06. The molecule has 25 heavy (non-hydrogen) atoms. The SMILES string of the molecule is Cc1ccc(C(=O)/C=C\c2ccc(OC(=O)c3ccco3)cc2)cc1. The first-order valence-corrected chi connectivity index (χ1v) is 7.77. The van der Waals surface area contributed by atoms with E-state index >= 15 is 0 Å². The van der Waals surface area contributed by atoms with Gasteiger partial charge in [0.15, 0.2) is 5.78 Å². The Bertz CT molecular complexity index is 886. The van der Waals surface area contributed by atoms with Crippen LogP contribution in [0.15, 0.2) is 77.4 Å².